The summed E-state index contributed by atoms with van der Waals surface area (Å²) in [6.07, 6.45) is 4.90. The molecule has 0 saturated carbocycles. The first-order valence-corrected chi connectivity index (χ1v) is 3.35. The van der Waals surface area contributed by atoms with Gasteiger partial charge in [-0.15, -0.1) is 12.4 Å². The lowest BCUT2D eigenvalue weighted by molar-refractivity contribution is -0.142. The van der Waals surface area contributed by atoms with Crippen LogP contribution in [0.1, 0.15) is 12.8 Å². The second-order valence-electron chi connectivity index (χ2n) is 2.60. The van der Waals surface area contributed by atoms with Crippen LogP contribution in [0.25, 0.3) is 0 Å². The molecule has 0 amide bonds. The Bertz CT molecular complexity index is 170. The fourth-order valence-corrected chi connectivity index (χ4v) is 1.12. The Balaban J connectivity index is 0.000001000. The molecule has 0 unspecified atom stereocenters. The van der Waals surface area contributed by atoms with Crippen molar-refractivity contribution in [2.45, 2.75) is 18.9 Å². The van der Waals surface area contributed by atoms with Gasteiger partial charge < -0.3 is 10.8 Å². The Morgan fingerprint density at radius 1 is 1.64 bits per heavy atom. The van der Waals surface area contributed by atoms with E-state index < -0.39 is 5.97 Å². The van der Waals surface area contributed by atoms with Crippen molar-refractivity contribution < 1.29 is 9.90 Å². The molecule has 3 N–H and O–H groups in total. The van der Waals surface area contributed by atoms with Crippen LogP contribution in [-0.2, 0) is 4.79 Å². The number of carbonyl (C=O) groups is 1. The molecule has 64 valence electrons. The summed E-state index contributed by atoms with van der Waals surface area (Å²) in [5.74, 6) is -1.00. The third kappa shape index (κ3) is 2.91. The van der Waals surface area contributed by atoms with Crippen molar-refractivity contribution in [3.05, 3.63) is 12.2 Å². The van der Waals surface area contributed by atoms with Gasteiger partial charge in [0.25, 0.3) is 0 Å². The van der Waals surface area contributed by atoms with Crippen LogP contribution in [0.2, 0.25) is 0 Å². The number of nitrogens with two attached hydrogens (primary N) is 1. The normalized spacial score (nSPS) is 29.2. The lowest BCUT2D eigenvalue weighted by Gasteiger charge is -2.17. The van der Waals surface area contributed by atoms with E-state index in [1.54, 1.807) is 0 Å². The van der Waals surface area contributed by atoms with Gasteiger partial charge in [-0.25, -0.2) is 0 Å². The quantitative estimate of drug-likeness (QED) is 0.582. The van der Waals surface area contributed by atoms with Crippen molar-refractivity contribution in [2.75, 3.05) is 0 Å². The summed E-state index contributed by atoms with van der Waals surface area (Å²) in [6, 6.07) is -0.0603. The average Bonchev–Trinajstić information content (AvgIpc) is 1.88. The van der Waals surface area contributed by atoms with Crippen LogP contribution in [0.15, 0.2) is 12.2 Å². The molecule has 4 heteroatoms. The predicted molar refractivity (Wildman–Crippen MR) is 44.7 cm³/mol. The van der Waals surface area contributed by atoms with Gasteiger partial charge in [-0.05, 0) is 12.8 Å². The third-order valence-electron chi connectivity index (χ3n) is 1.71. The summed E-state index contributed by atoms with van der Waals surface area (Å²) in [7, 11) is 0. The maximum Gasteiger partial charge on any atom is 0.306 e. The molecule has 0 aromatic carbocycles. The molecule has 0 radical (unpaired) electrons. The molecule has 0 bridgehead atoms. The highest BCUT2D eigenvalue weighted by Gasteiger charge is 2.20. The molecule has 0 aliphatic heterocycles. The van der Waals surface area contributed by atoms with E-state index in [4.69, 9.17) is 10.8 Å². The summed E-state index contributed by atoms with van der Waals surface area (Å²) in [4.78, 5) is 10.4. The number of carboxylic acids is 1. The minimum atomic E-state index is -0.736. The summed E-state index contributed by atoms with van der Waals surface area (Å²) < 4.78 is 0. The van der Waals surface area contributed by atoms with E-state index in [0.717, 1.165) is 0 Å². The Labute approximate surface area is 71.7 Å². The number of allylic oxidation sites excluding steroid dienone is 1. The van der Waals surface area contributed by atoms with E-state index in [2.05, 4.69) is 0 Å². The molecule has 0 fully saturated rings. The van der Waals surface area contributed by atoms with Crippen molar-refractivity contribution in [2.24, 2.45) is 11.7 Å². The van der Waals surface area contributed by atoms with Gasteiger partial charge in [-0.3, -0.25) is 4.79 Å². The molecular formula is C7H12ClNO2. The number of carboxylic acid groups (broad SMARTS) is 1. The molecule has 3 nitrogen and oxygen atoms in total. The number of aliphatic carboxylic acids is 1. The number of halogens is 1. The average molecular weight is 178 g/mol. The molecule has 11 heavy (non-hydrogen) atoms. The first-order valence-electron chi connectivity index (χ1n) is 3.35. The maximum atomic E-state index is 10.4. The molecule has 1 rings (SSSR count). The summed E-state index contributed by atoms with van der Waals surface area (Å²) in [6.45, 7) is 0. The van der Waals surface area contributed by atoms with Gasteiger partial charge in [0, 0.05) is 6.04 Å². The van der Waals surface area contributed by atoms with E-state index in [-0.39, 0.29) is 24.4 Å². The SMILES string of the molecule is Cl.N[C@H]1C=CC[C@@H](C(=O)O)C1. The zero-order chi connectivity index (χ0) is 7.56. The van der Waals surface area contributed by atoms with Crippen LogP contribution in [0.5, 0.6) is 0 Å². The first kappa shape index (κ1) is 10.5. The van der Waals surface area contributed by atoms with E-state index in [1.807, 2.05) is 12.2 Å². The highest BCUT2D eigenvalue weighted by molar-refractivity contribution is 5.85. The molecule has 0 aromatic rings. The summed E-state index contributed by atoms with van der Waals surface area (Å²) in [5, 5.41) is 8.57. The Hall–Kier alpha value is -0.540. The van der Waals surface area contributed by atoms with E-state index in [9.17, 15) is 4.79 Å². The van der Waals surface area contributed by atoms with Gasteiger partial charge in [-0.1, -0.05) is 12.2 Å². The minimum absolute atomic E-state index is 0. The molecule has 2 atom stereocenters. The number of hydrogen-bond donors (Lipinski definition) is 2. The lowest BCUT2D eigenvalue weighted by Crippen LogP contribution is -2.28. The van der Waals surface area contributed by atoms with Crippen molar-refractivity contribution in [3.63, 3.8) is 0 Å². The zero-order valence-corrected chi connectivity index (χ0v) is 6.88. The van der Waals surface area contributed by atoms with Crippen molar-refractivity contribution in [1.82, 2.24) is 0 Å². The summed E-state index contributed by atoms with van der Waals surface area (Å²) >= 11 is 0. The topological polar surface area (TPSA) is 63.3 Å². The largest absolute Gasteiger partial charge is 0.481 e. The molecular weight excluding hydrogens is 166 g/mol. The Morgan fingerprint density at radius 3 is 2.64 bits per heavy atom. The van der Waals surface area contributed by atoms with Crippen LogP contribution in [0.3, 0.4) is 0 Å². The molecule has 0 heterocycles. The van der Waals surface area contributed by atoms with Gasteiger partial charge in [0.1, 0.15) is 0 Å². The number of rotatable bonds is 1. The van der Waals surface area contributed by atoms with Crippen molar-refractivity contribution >= 4 is 18.4 Å². The molecule has 0 aromatic heterocycles. The molecule has 1 aliphatic rings. The van der Waals surface area contributed by atoms with Gasteiger partial charge >= 0.3 is 5.97 Å². The van der Waals surface area contributed by atoms with Crippen LogP contribution >= 0.6 is 12.4 Å². The van der Waals surface area contributed by atoms with Gasteiger partial charge in [0.05, 0.1) is 5.92 Å². The first-order chi connectivity index (χ1) is 4.70. The van der Waals surface area contributed by atoms with Crippen LogP contribution in [0.4, 0.5) is 0 Å². The van der Waals surface area contributed by atoms with E-state index in [1.165, 1.54) is 0 Å². The fraction of sp³-hybridized carbons (Fsp3) is 0.571. The van der Waals surface area contributed by atoms with E-state index >= 15 is 0 Å². The second kappa shape index (κ2) is 4.36. The Morgan fingerprint density at radius 2 is 2.27 bits per heavy atom. The fourth-order valence-electron chi connectivity index (χ4n) is 1.12. The summed E-state index contributed by atoms with van der Waals surface area (Å²) in [5.41, 5.74) is 5.51. The minimum Gasteiger partial charge on any atom is -0.481 e. The Kier molecular flexibility index (Phi) is 4.15. The molecule has 0 spiro atoms. The van der Waals surface area contributed by atoms with Gasteiger partial charge in [0.2, 0.25) is 0 Å². The zero-order valence-electron chi connectivity index (χ0n) is 6.06. The van der Waals surface area contributed by atoms with Gasteiger partial charge in [0.15, 0.2) is 0 Å². The van der Waals surface area contributed by atoms with Crippen molar-refractivity contribution in [3.8, 4) is 0 Å². The van der Waals surface area contributed by atoms with Gasteiger partial charge in [-0.2, -0.15) is 0 Å². The van der Waals surface area contributed by atoms with Crippen LogP contribution in [-0.4, -0.2) is 17.1 Å². The second-order valence-corrected chi connectivity index (χ2v) is 2.60. The third-order valence-corrected chi connectivity index (χ3v) is 1.71. The molecule has 1 aliphatic carbocycles. The highest BCUT2D eigenvalue weighted by atomic mass is 35.5. The standard InChI is InChI=1S/C7H11NO2.ClH/c8-6-3-1-2-5(4-6)7(9)10;/h1,3,5-6H,2,4,8H2,(H,9,10);1H/t5-,6+;/m1./s1. The van der Waals surface area contributed by atoms with E-state index in [0.29, 0.717) is 12.8 Å². The van der Waals surface area contributed by atoms with Crippen LogP contribution < -0.4 is 5.73 Å². The highest BCUT2D eigenvalue weighted by Crippen LogP contribution is 2.16. The maximum absolute atomic E-state index is 10.4. The lowest BCUT2D eigenvalue weighted by atomic mass is 9.92. The smallest absolute Gasteiger partial charge is 0.306 e. The monoisotopic (exact) mass is 177 g/mol. The van der Waals surface area contributed by atoms with Crippen LogP contribution in [0, 0.1) is 5.92 Å². The van der Waals surface area contributed by atoms with Crippen molar-refractivity contribution in [1.29, 1.82) is 0 Å². The number of hydrogen-bond acceptors (Lipinski definition) is 2. The molecule has 0 saturated heterocycles. The predicted octanol–water partition coefficient (Wildman–Crippen LogP) is 0.786.